The van der Waals surface area contributed by atoms with Crippen LogP contribution < -0.4 is 4.74 Å². The average molecular weight is 217 g/mol. The van der Waals surface area contributed by atoms with Crippen LogP contribution in [0.4, 0.5) is 0 Å². The molecular weight excluding hydrogens is 206 g/mol. The largest absolute Gasteiger partial charge is 0.497 e. The molecule has 1 aliphatic rings. The fourth-order valence-electron chi connectivity index (χ4n) is 1.54. The molecule has 0 fully saturated rings. The molecule has 1 aromatic carbocycles. The molecule has 4 nitrogen and oxygen atoms in total. The Morgan fingerprint density at radius 3 is 2.94 bits per heavy atom. The smallest absolute Gasteiger partial charge is 0.333 e. The molecule has 0 bridgehead atoms. The second kappa shape index (κ2) is 4.18. The fourth-order valence-corrected chi connectivity index (χ4v) is 1.54. The van der Waals surface area contributed by atoms with Gasteiger partial charge in [0.1, 0.15) is 5.75 Å². The standard InChI is InChI=1S/C12H11NO3/c1-16-10-4-2-3-8(5-10)11-6-9(7-13-11)12(14)15/h2-5,7H,6H2,1H3,(H,14,15). The van der Waals surface area contributed by atoms with Gasteiger partial charge in [0.05, 0.1) is 18.4 Å². The quantitative estimate of drug-likeness (QED) is 0.840. The Labute approximate surface area is 92.9 Å². The molecule has 82 valence electrons. The van der Waals surface area contributed by atoms with Crippen LogP contribution in [0.5, 0.6) is 5.75 Å². The van der Waals surface area contributed by atoms with Crippen LogP contribution in [0.15, 0.2) is 41.0 Å². The molecule has 0 unspecified atom stereocenters. The Hall–Kier alpha value is -2.10. The molecule has 2 rings (SSSR count). The molecule has 0 atom stereocenters. The summed E-state index contributed by atoms with van der Waals surface area (Å²) < 4.78 is 5.10. The number of nitrogens with zero attached hydrogens (tertiary/aromatic N) is 1. The van der Waals surface area contributed by atoms with E-state index in [4.69, 9.17) is 9.84 Å². The number of aliphatic carboxylic acids is 1. The summed E-state index contributed by atoms with van der Waals surface area (Å²) in [5.41, 5.74) is 1.97. The van der Waals surface area contributed by atoms with Crippen LogP contribution in [0.1, 0.15) is 12.0 Å². The van der Waals surface area contributed by atoms with Gasteiger partial charge in [-0.3, -0.25) is 4.99 Å². The van der Waals surface area contributed by atoms with Crippen molar-refractivity contribution >= 4 is 11.7 Å². The van der Waals surface area contributed by atoms with E-state index < -0.39 is 5.97 Å². The molecule has 1 N–H and O–H groups in total. The Balaban J connectivity index is 2.19. The lowest BCUT2D eigenvalue weighted by Crippen LogP contribution is -2.04. The molecule has 0 amide bonds. The van der Waals surface area contributed by atoms with Crippen molar-refractivity contribution in [2.75, 3.05) is 7.11 Å². The van der Waals surface area contributed by atoms with Gasteiger partial charge in [-0.25, -0.2) is 4.79 Å². The SMILES string of the molecule is COc1cccc(C2=NC=C(C(=O)O)C2)c1. The maximum Gasteiger partial charge on any atom is 0.333 e. The van der Waals surface area contributed by atoms with Crippen LogP contribution in [0.2, 0.25) is 0 Å². The number of ether oxygens (including phenoxy) is 1. The van der Waals surface area contributed by atoms with Gasteiger partial charge in [-0.15, -0.1) is 0 Å². The molecule has 16 heavy (non-hydrogen) atoms. The number of hydrogen-bond donors (Lipinski definition) is 1. The third kappa shape index (κ3) is 1.95. The van der Waals surface area contributed by atoms with Gasteiger partial charge < -0.3 is 9.84 Å². The van der Waals surface area contributed by atoms with Crippen LogP contribution >= 0.6 is 0 Å². The van der Waals surface area contributed by atoms with Crippen LogP contribution in [0.25, 0.3) is 0 Å². The number of carboxylic acid groups (broad SMARTS) is 1. The Kier molecular flexibility index (Phi) is 2.72. The topological polar surface area (TPSA) is 58.9 Å². The van der Waals surface area contributed by atoms with Crippen molar-refractivity contribution in [3.63, 3.8) is 0 Å². The van der Waals surface area contributed by atoms with Crippen molar-refractivity contribution < 1.29 is 14.6 Å². The van der Waals surface area contributed by atoms with Crippen LogP contribution in [0.3, 0.4) is 0 Å². The molecule has 0 aromatic heterocycles. The minimum atomic E-state index is -0.915. The molecule has 4 heteroatoms. The molecule has 0 aliphatic carbocycles. The molecule has 1 aromatic rings. The van der Waals surface area contributed by atoms with Gasteiger partial charge in [0.2, 0.25) is 0 Å². The molecule has 1 heterocycles. The monoisotopic (exact) mass is 217 g/mol. The second-order valence-corrected chi connectivity index (χ2v) is 3.44. The maximum atomic E-state index is 10.7. The van der Waals surface area contributed by atoms with E-state index in [1.807, 2.05) is 24.3 Å². The fraction of sp³-hybridized carbons (Fsp3) is 0.167. The van der Waals surface area contributed by atoms with Crippen molar-refractivity contribution in [1.82, 2.24) is 0 Å². The third-order valence-corrected chi connectivity index (χ3v) is 2.41. The summed E-state index contributed by atoms with van der Waals surface area (Å²) in [6, 6.07) is 7.43. The minimum absolute atomic E-state index is 0.317. The van der Waals surface area contributed by atoms with E-state index >= 15 is 0 Å². The molecule has 0 saturated heterocycles. The predicted molar refractivity (Wildman–Crippen MR) is 59.9 cm³/mol. The first-order valence-electron chi connectivity index (χ1n) is 4.84. The van der Waals surface area contributed by atoms with Crippen molar-refractivity contribution in [1.29, 1.82) is 0 Å². The van der Waals surface area contributed by atoms with Crippen molar-refractivity contribution in [2.45, 2.75) is 6.42 Å². The molecule has 1 aliphatic heterocycles. The lowest BCUT2D eigenvalue weighted by Gasteiger charge is -2.04. The first kappa shape index (κ1) is 10.4. The zero-order valence-corrected chi connectivity index (χ0v) is 8.80. The molecule has 0 saturated carbocycles. The second-order valence-electron chi connectivity index (χ2n) is 3.44. The van der Waals surface area contributed by atoms with E-state index in [-0.39, 0.29) is 0 Å². The lowest BCUT2D eigenvalue weighted by atomic mass is 10.0. The van der Waals surface area contributed by atoms with E-state index in [1.165, 1.54) is 6.20 Å². The summed E-state index contributed by atoms with van der Waals surface area (Å²) in [4.78, 5) is 14.8. The van der Waals surface area contributed by atoms with Crippen molar-refractivity contribution in [3.8, 4) is 5.75 Å². The van der Waals surface area contributed by atoms with Gasteiger partial charge in [0.15, 0.2) is 0 Å². The summed E-state index contributed by atoms with van der Waals surface area (Å²) >= 11 is 0. The van der Waals surface area contributed by atoms with E-state index in [0.717, 1.165) is 17.0 Å². The van der Waals surface area contributed by atoms with Crippen LogP contribution in [-0.4, -0.2) is 23.9 Å². The Morgan fingerprint density at radius 2 is 2.31 bits per heavy atom. The van der Waals surface area contributed by atoms with Gasteiger partial charge in [-0.05, 0) is 17.7 Å². The van der Waals surface area contributed by atoms with Gasteiger partial charge in [-0.1, -0.05) is 12.1 Å². The molecule has 0 radical (unpaired) electrons. The number of methoxy groups -OCH3 is 1. The van der Waals surface area contributed by atoms with Gasteiger partial charge in [0.25, 0.3) is 0 Å². The zero-order valence-electron chi connectivity index (χ0n) is 8.80. The van der Waals surface area contributed by atoms with E-state index in [9.17, 15) is 4.79 Å². The van der Waals surface area contributed by atoms with E-state index in [1.54, 1.807) is 7.11 Å². The number of aliphatic imine (C=N–C) groups is 1. The summed E-state index contributed by atoms with van der Waals surface area (Å²) in [6.45, 7) is 0. The van der Waals surface area contributed by atoms with Gasteiger partial charge >= 0.3 is 5.97 Å². The number of benzene rings is 1. The number of carboxylic acids is 1. The first-order chi connectivity index (χ1) is 7.70. The van der Waals surface area contributed by atoms with Gasteiger partial charge in [0, 0.05) is 12.6 Å². The Morgan fingerprint density at radius 1 is 1.50 bits per heavy atom. The highest BCUT2D eigenvalue weighted by molar-refractivity contribution is 6.08. The lowest BCUT2D eigenvalue weighted by molar-refractivity contribution is -0.132. The number of rotatable bonds is 3. The maximum absolute atomic E-state index is 10.7. The predicted octanol–water partition coefficient (Wildman–Crippen LogP) is 1.86. The average Bonchev–Trinajstić information content (AvgIpc) is 2.78. The summed E-state index contributed by atoms with van der Waals surface area (Å²) in [5.74, 6) is -0.175. The van der Waals surface area contributed by atoms with Crippen LogP contribution in [-0.2, 0) is 4.79 Å². The van der Waals surface area contributed by atoms with E-state index in [0.29, 0.717) is 12.0 Å². The molecule has 0 spiro atoms. The number of hydrogen-bond acceptors (Lipinski definition) is 3. The first-order valence-corrected chi connectivity index (χ1v) is 4.84. The van der Waals surface area contributed by atoms with Crippen molar-refractivity contribution in [2.24, 2.45) is 4.99 Å². The summed E-state index contributed by atoms with van der Waals surface area (Å²) in [5, 5.41) is 8.81. The Bertz CT molecular complexity index is 489. The highest BCUT2D eigenvalue weighted by Crippen LogP contribution is 2.20. The summed E-state index contributed by atoms with van der Waals surface area (Å²) in [6.07, 6.45) is 1.76. The molecular formula is C12H11NO3. The minimum Gasteiger partial charge on any atom is -0.497 e. The van der Waals surface area contributed by atoms with Crippen LogP contribution in [0, 0.1) is 0 Å². The highest BCUT2D eigenvalue weighted by atomic mass is 16.5. The highest BCUT2D eigenvalue weighted by Gasteiger charge is 2.17. The summed E-state index contributed by atoms with van der Waals surface area (Å²) in [7, 11) is 1.59. The normalized spacial score (nSPS) is 14.3. The zero-order chi connectivity index (χ0) is 11.5. The van der Waals surface area contributed by atoms with Crippen molar-refractivity contribution in [3.05, 3.63) is 41.6 Å². The third-order valence-electron chi connectivity index (χ3n) is 2.41. The van der Waals surface area contributed by atoms with E-state index in [2.05, 4.69) is 4.99 Å². The number of carbonyl (C=O) groups is 1. The van der Waals surface area contributed by atoms with Gasteiger partial charge in [-0.2, -0.15) is 0 Å².